The molecule has 1 aromatic rings. The number of aliphatic hydroxyl groups excluding tert-OH is 1. The molecule has 0 aromatic carbocycles. The molecule has 1 aliphatic rings. The van der Waals surface area contributed by atoms with Gasteiger partial charge in [-0.3, -0.25) is 9.80 Å². The number of aliphatic hydroxyl groups is 1. The number of aromatic nitrogens is 1. The third kappa shape index (κ3) is 3.02. The number of nitrogens with zero attached hydrogens (tertiary/aromatic N) is 3. The van der Waals surface area contributed by atoms with Crippen LogP contribution < -0.4 is 0 Å². The molecule has 0 spiro atoms. The lowest BCUT2D eigenvalue weighted by molar-refractivity contribution is 0.102. The van der Waals surface area contributed by atoms with Gasteiger partial charge in [-0.25, -0.2) is 0 Å². The van der Waals surface area contributed by atoms with Crippen LogP contribution in [0.1, 0.15) is 5.76 Å². The molecular weight excluding hydrogens is 194 g/mol. The highest BCUT2D eigenvalue weighted by atomic mass is 16.5. The Bertz CT molecular complexity index is 268. The summed E-state index contributed by atoms with van der Waals surface area (Å²) in [6, 6.07) is 1.90. The topological polar surface area (TPSA) is 52.7 Å². The van der Waals surface area contributed by atoms with E-state index in [-0.39, 0.29) is 6.61 Å². The van der Waals surface area contributed by atoms with Gasteiger partial charge >= 0.3 is 0 Å². The molecule has 2 rings (SSSR count). The smallest absolute Gasteiger partial charge is 0.150 e. The third-order valence-electron chi connectivity index (χ3n) is 2.75. The summed E-state index contributed by atoms with van der Waals surface area (Å²) in [5.41, 5.74) is 0. The number of rotatable bonds is 4. The minimum atomic E-state index is 0.252. The van der Waals surface area contributed by atoms with E-state index in [0.29, 0.717) is 0 Å². The molecule has 0 radical (unpaired) electrons. The fourth-order valence-corrected chi connectivity index (χ4v) is 1.86. The summed E-state index contributed by atoms with van der Waals surface area (Å²) in [6.07, 6.45) is 1.68. The molecule has 15 heavy (non-hydrogen) atoms. The van der Waals surface area contributed by atoms with Gasteiger partial charge in [0.15, 0.2) is 5.76 Å². The lowest BCUT2D eigenvalue weighted by Gasteiger charge is -2.33. The maximum atomic E-state index is 8.81. The van der Waals surface area contributed by atoms with E-state index in [2.05, 4.69) is 15.0 Å². The Hall–Kier alpha value is -0.910. The van der Waals surface area contributed by atoms with Gasteiger partial charge in [-0.15, -0.1) is 0 Å². The summed E-state index contributed by atoms with van der Waals surface area (Å²) in [5, 5.41) is 12.5. The Balaban J connectivity index is 1.74. The first-order valence-electron chi connectivity index (χ1n) is 5.33. The Labute approximate surface area is 89.3 Å². The van der Waals surface area contributed by atoms with Crippen LogP contribution in [0.3, 0.4) is 0 Å². The van der Waals surface area contributed by atoms with Crippen LogP contribution in [0.25, 0.3) is 0 Å². The zero-order valence-corrected chi connectivity index (χ0v) is 8.80. The zero-order chi connectivity index (χ0) is 10.5. The van der Waals surface area contributed by atoms with Gasteiger partial charge in [0.05, 0.1) is 19.3 Å². The van der Waals surface area contributed by atoms with Gasteiger partial charge in [0.1, 0.15) is 0 Å². The summed E-state index contributed by atoms with van der Waals surface area (Å²) < 4.78 is 5.07. The molecule has 1 N–H and O–H groups in total. The summed E-state index contributed by atoms with van der Waals surface area (Å²) in [7, 11) is 0. The van der Waals surface area contributed by atoms with Gasteiger partial charge in [0.25, 0.3) is 0 Å². The normalized spacial score (nSPS) is 19.5. The monoisotopic (exact) mass is 211 g/mol. The van der Waals surface area contributed by atoms with Crippen LogP contribution in [0.5, 0.6) is 0 Å². The van der Waals surface area contributed by atoms with E-state index in [1.807, 2.05) is 6.07 Å². The second-order valence-electron chi connectivity index (χ2n) is 3.82. The van der Waals surface area contributed by atoms with E-state index in [4.69, 9.17) is 9.63 Å². The molecule has 1 fully saturated rings. The molecule has 0 saturated carbocycles. The summed E-state index contributed by atoms with van der Waals surface area (Å²) in [4.78, 5) is 4.62. The second kappa shape index (κ2) is 5.25. The van der Waals surface area contributed by atoms with Crippen molar-refractivity contribution in [1.82, 2.24) is 15.0 Å². The van der Waals surface area contributed by atoms with Crippen LogP contribution in [0.4, 0.5) is 0 Å². The molecule has 0 amide bonds. The summed E-state index contributed by atoms with van der Waals surface area (Å²) >= 11 is 0. The van der Waals surface area contributed by atoms with Gasteiger partial charge in [0.2, 0.25) is 0 Å². The van der Waals surface area contributed by atoms with Crippen molar-refractivity contribution < 1.29 is 9.63 Å². The average Bonchev–Trinajstić information content (AvgIpc) is 2.74. The van der Waals surface area contributed by atoms with Crippen molar-refractivity contribution in [3.8, 4) is 0 Å². The summed E-state index contributed by atoms with van der Waals surface area (Å²) in [6.45, 7) is 5.98. The SMILES string of the molecule is OCCN1CCN(Cc2ccno2)CC1. The molecule has 2 heterocycles. The Morgan fingerprint density at radius 1 is 1.27 bits per heavy atom. The van der Waals surface area contributed by atoms with Crippen LogP contribution >= 0.6 is 0 Å². The van der Waals surface area contributed by atoms with Crippen LogP contribution in [-0.4, -0.2) is 59.4 Å². The van der Waals surface area contributed by atoms with Crippen molar-refractivity contribution in [2.24, 2.45) is 0 Å². The minimum Gasteiger partial charge on any atom is -0.395 e. The molecular formula is C10H17N3O2. The fraction of sp³-hybridized carbons (Fsp3) is 0.700. The van der Waals surface area contributed by atoms with E-state index in [1.165, 1.54) is 0 Å². The highest BCUT2D eigenvalue weighted by Crippen LogP contribution is 2.07. The quantitative estimate of drug-likeness (QED) is 0.746. The maximum absolute atomic E-state index is 8.81. The molecule has 1 saturated heterocycles. The maximum Gasteiger partial charge on any atom is 0.150 e. The van der Waals surface area contributed by atoms with Crippen LogP contribution in [0.2, 0.25) is 0 Å². The van der Waals surface area contributed by atoms with Crippen molar-refractivity contribution in [2.75, 3.05) is 39.3 Å². The van der Waals surface area contributed by atoms with Crippen LogP contribution in [0.15, 0.2) is 16.8 Å². The molecule has 0 bridgehead atoms. The number of piperazine rings is 1. The predicted octanol–water partition coefficient (Wildman–Crippen LogP) is -0.216. The van der Waals surface area contributed by atoms with E-state index in [9.17, 15) is 0 Å². The van der Waals surface area contributed by atoms with Gasteiger partial charge < -0.3 is 9.63 Å². The largest absolute Gasteiger partial charge is 0.395 e. The van der Waals surface area contributed by atoms with Gasteiger partial charge in [-0.1, -0.05) is 5.16 Å². The molecule has 0 unspecified atom stereocenters. The van der Waals surface area contributed by atoms with E-state index in [0.717, 1.165) is 45.0 Å². The lowest BCUT2D eigenvalue weighted by atomic mass is 10.3. The highest BCUT2D eigenvalue weighted by molar-refractivity contribution is 4.93. The molecule has 84 valence electrons. The first kappa shape index (κ1) is 10.6. The van der Waals surface area contributed by atoms with Gasteiger partial charge in [-0.2, -0.15) is 0 Å². The third-order valence-corrected chi connectivity index (χ3v) is 2.75. The fourth-order valence-electron chi connectivity index (χ4n) is 1.86. The lowest BCUT2D eigenvalue weighted by Crippen LogP contribution is -2.46. The van der Waals surface area contributed by atoms with Crippen molar-refractivity contribution >= 4 is 0 Å². The minimum absolute atomic E-state index is 0.252. The zero-order valence-electron chi connectivity index (χ0n) is 8.80. The Morgan fingerprint density at radius 3 is 2.60 bits per heavy atom. The number of hydrogen-bond donors (Lipinski definition) is 1. The van der Waals surface area contributed by atoms with Crippen LogP contribution in [0, 0.1) is 0 Å². The number of β-amino-alcohol motifs (C(OH)–C–C–N with tert-alkyl or cyclic N) is 1. The van der Waals surface area contributed by atoms with E-state index >= 15 is 0 Å². The molecule has 0 atom stereocenters. The predicted molar refractivity (Wildman–Crippen MR) is 55.3 cm³/mol. The molecule has 5 nitrogen and oxygen atoms in total. The molecule has 5 heteroatoms. The number of hydrogen-bond acceptors (Lipinski definition) is 5. The van der Waals surface area contributed by atoms with Crippen molar-refractivity contribution in [1.29, 1.82) is 0 Å². The first-order chi connectivity index (χ1) is 7.38. The first-order valence-corrected chi connectivity index (χ1v) is 5.33. The van der Waals surface area contributed by atoms with E-state index < -0.39 is 0 Å². The van der Waals surface area contributed by atoms with Crippen molar-refractivity contribution in [3.63, 3.8) is 0 Å². The highest BCUT2D eigenvalue weighted by Gasteiger charge is 2.17. The molecule has 0 aliphatic carbocycles. The average molecular weight is 211 g/mol. The van der Waals surface area contributed by atoms with Crippen molar-refractivity contribution in [2.45, 2.75) is 6.54 Å². The van der Waals surface area contributed by atoms with E-state index in [1.54, 1.807) is 6.20 Å². The van der Waals surface area contributed by atoms with Gasteiger partial charge in [-0.05, 0) is 0 Å². The molecule has 1 aromatic heterocycles. The Morgan fingerprint density at radius 2 is 2.00 bits per heavy atom. The Kier molecular flexibility index (Phi) is 3.71. The van der Waals surface area contributed by atoms with Gasteiger partial charge in [0, 0.05) is 38.8 Å². The van der Waals surface area contributed by atoms with Crippen molar-refractivity contribution in [3.05, 3.63) is 18.0 Å². The molecule has 1 aliphatic heterocycles. The van der Waals surface area contributed by atoms with Crippen LogP contribution in [-0.2, 0) is 6.54 Å². The standard InChI is InChI=1S/C10H17N3O2/c14-8-7-12-3-5-13(6-4-12)9-10-1-2-11-15-10/h1-2,14H,3-9H2. The summed E-state index contributed by atoms with van der Waals surface area (Å²) in [5.74, 6) is 0.922. The second-order valence-corrected chi connectivity index (χ2v) is 3.82.